The van der Waals surface area contributed by atoms with Gasteiger partial charge in [-0.2, -0.15) is 0 Å². The van der Waals surface area contributed by atoms with Gasteiger partial charge in [0.1, 0.15) is 10.7 Å². The van der Waals surface area contributed by atoms with E-state index in [4.69, 9.17) is 0 Å². The summed E-state index contributed by atoms with van der Waals surface area (Å²) in [5.74, 6) is -1.49. The molecule has 13 heteroatoms. The number of benzene rings is 1. The number of nitrogens with zero attached hydrogens (tertiary/aromatic N) is 5. The van der Waals surface area contributed by atoms with Crippen molar-refractivity contribution in [2.75, 3.05) is 45.1 Å². The largest absolute Gasteiger partial charge is 0.573 e. The molecule has 1 aromatic carbocycles. The lowest BCUT2D eigenvalue weighted by atomic mass is 10.1. The van der Waals surface area contributed by atoms with Gasteiger partial charge < -0.3 is 15.0 Å². The molecule has 1 aliphatic heterocycles. The second-order valence-electron chi connectivity index (χ2n) is 8.71. The number of hydrogen-bond donors (Lipinski definition) is 1. The first-order chi connectivity index (χ1) is 17.6. The maximum absolute atomic E-state index is 12.9. The van der Waals surface area contributed by atoms with Gasteiger partial charge in [-0.1, -0.05) is 11.3 Å². The highest BCUT2D eigenvalue weighted by Gasteiger charge is 2.33. The van der Waals surface area contributed by atoms with E-state index in [-0.39, 0.29) is 24.2 Å². The Hall–Kier alpha value is -3.42. The molecule has 3 heterocycles. The van der Waals surface area contributed by atoms with E-state index in [0.29, 0.717) is 28.8 Å². The Kier molecular flexibility index (Phi) is 8.15. The fraction of sp³-hybridized carbons (Fsp3) is 0.375. The number of Topliss-reactive ketones (excluding diaryl/α,β-unsaturated/α-hetero) is 1. The number of ketones is 1. The molecule has 4 rings (SSSR count). The van der Waals surface area contributed by atoms with E-state index in [9.17, 15) is 22.8 Å². The Bertz CT molecular complexity index is 1270. The highest BCUT2D eigenvalue weighted by Crippen LogP contribution is 2.32. The van der Waals surface area contributed by atoms with Crippen LogP contribution < -0.4 is 10.1 Å². The first kappa shape index (κ1) is 26.6. The third-order valence-corrected chi connectivity index (χ3v) is 6.62. The number of aryl methyl sites for hydroxylation is 1. The molecule has 1 N–H and O–H groups in total. The Labute approximate surface area is 215 Å². The highest BCUT2D eigenvalue weighted by atomic mass is 32.1. The van der Waals surface area contributed by atoms with Crippen molar-refractivity contribution in [3.63, 3.8) is 0 Å². The lowest BCUT2D eigenvalue weighted by Gasteiger charge is -2.31. The van der Waals surface area contributed by atoms with Crippen LogP contribution in [-0.4, -0.2) is 82.8 Å². The topological polar surface area (TPSA) is 101 Å². The average Bonchev–Trinajstić information content (AvgIpc) is 3.29. The van der Waals surface area contributed by atoms with Crippen LogP contribution in [-0.2, 0) is 11.2 Å². The van der Waals surface area contributed by atoms with E-state index in [1.54, 1.807) is 6.20 Å². The molecule has 1 saturated heterocycles. The summed E-state index contributed by atoms with van der Waals surface area (Å²) in [5.41, 5.74) is 1.51. The molecule has 37 heavy (non-hydrogen) atoms. The van der Waals surface area contributed by atoms with Gasteiger partial charge in [-0.15, -0.1) is 23.4 Å². The maximum Gasteiger partial charge on any atom is 0.573 e. The van der Waals surface area contributed by atoms with Crippen molar-refractivity contribution in [2.45, 2.75) is 19.7 Å². The number of aromatic nitrogens is 3. The zero-order valence-corrected chi connectivity index (χ0v) is 21.0. The smallest absolute Gasteiger partial charge is 0.404 e. The van der Waals surface area contributed by atoms with Crippen molar-refractivity contribution < 1.29 is 27.5 Å². The standard InChI is InChI=1S/C24H25F3N6O3S/c1-15-5-6-28-18(11-15)23-31-30-22(37-23)13-19(34)16-3-4-20(36-24(25,26)27)17(12-16)29-21(35)14-33-9-7-32(2)8-10-33/h3-6,11-12H,7-10,13-14H2,1-2H3,(H,29,35). The Morgan fingerprint density at radius 2 is 1.86 bits per heavy atom. The predicted octanol–water partition coefficient (Wildman–Crippen LogP) is 3.42. The molecule has 196 valence electrons. The Morgan fingerprint density at radius 1 is 1.11 bits per heavy atom. The number of halogens is 3. The summed E-state index contributed by atoms with van der Waals surface area (Å²) in [6.45, 7) is 4.83. The molecule has 0 saturated carbocycles. The number of anilines is 1. The number of pyridine rings is 1. The predicted molar refractivity (Wildman–Crippen MR) is 132 cm³/mol. The summed E-state index contributed by atoms with van der Waals surface area (Å²) in [7, 11) is 1.97. The molecule has 3 aromatic rings. The van der Waals surface area contributed by atoms with Gasteiger partial charge in [-0.05, 0) is 49.9 Å². The van der Waals surface area contributed by atoms with Gasteiger partial charge in [0.2, 0.25) is 5.91 Å². The summed E-state index contributed by atoms with van der Waals surface area (Å²) >= 11 is 1.21. The summed E-state index contributed by atoms with van der Waals surface area (Å²) < 4.78 is 42.9. The summed E-state index contributed by atoms with van der Waals surface area (Å²) in [4.78, 5) is 33.8. The van der Waals surface area contributed by atoms with Crippen molar-refractivity contribution in [1.29, 1.82) is 0 Å². The number of carbonyl (C=O) groups excluding carboxylic acids is 2. The zero-order chi connectivity index (χ0) is 26.6. The van der Waals surface area contributed by atoms with Crippen LogP contribution in [0.25, 0.3) is 10.7 Å². The van der Waals surface area contributed by atoms with Crippen LogP contribution in [0.5, 0.6) is 5.75 Å². The highest BCUT2D eigenvalue weighted by molar-refractivity contribution is 7.14. The van der Waals surface area contributed by atoms with E-state index >= 15 is 0 Å². The Morgan fingerprint density at radius 3 is 2.57 bits per heavy atom. The van der Waals surface area contributed by atoms with E-state index in [1.807, 2.05) is 31.0 Å². The van der Waals surface area contributed by atoms with E-state index in [0.717, 1.165) is 24.7 Å². The number of alkyl halides is 3. The van der Waals surface area contributed by atoms with Crippen LogP contribution in [0.15, 0.2) is 36.5 Å². The second kappa shape index (κ2) is 11.3. The molecular formula is C24H25F3N6O3S. The van der Waals surface area contributed by atoms with E-state index in [2.05, 4.69) is 30.1 Å². The van der Waals surface area contributed by atoms with Gasteiger partial charge in [0.05, 0.1) is 18.7 Å². The zero-order valence-electron chi connectivity index (χ0n) is 20.2. The number of amides is 1. The van der Waals surface area contributed by atoms with Gasteiger partial charge in [-0.3, -0.25) is 19.5 Å². The van der Waals surface area contributed by atoms with Gasteiger partial charge in [0, 0.05) is 37.9 Å². The lowest BCUT2D eigenvalue weighted by Crippen LogP contribution is -2.47. The van der Waals surface area contributed by atoms with Crippen molar-refractivity contribution >= 4 is 28.7 Å². The molecule has 0 aliphatic carbocycles. The number of piperazine rings is 1. The molecule has 0 bridgehead atoms. The lowest BCUT2D eigenvalue weighted by molar-refractivity contribution is -0.274. The summed E-state index contributed by atoms with van der Waals surface area (Å²) in [6.07, 6.45) is -3.42. The van der Waals surface area contributed by atoms with Crippen LogP contribution in [0, 0.1) is 6.92 Å². The van der Waals surface area contributed by atoms with Crippen LogP contribution in [0.1, 0.15) is 20.9 Å². The van der Waals surface area contributed by atoms with Crippen molar-refractivity contribution in [3.05, 3.63) is 52.7 Å². The number of hydrogen-bond acceptors (Lipinski definition) is 9. The molecule has 1 amide bonds. The van der Waals surface area contributed by atoms with Crippen molar-refractivity contribution in [1.82, 2.24) is 25.0 Å². The number of nitrogens with one attached hydrogen (secondary N) is 1. The molecule has 1 aliphatic rings. The minimum absolute atomic E-state index is 0.0119. The van der Waals surface area contributed by atoms with Crippen LogP contribution in [0.4, 0.5) is 18.9 Å². The monoisotopic (exact) mass is 534 g/mol. The van der Waals surface area contributed by atoms with E-state index in [1.165, 1.54) is 23.5 Å². The molecule has 9 nitrogen and oxygen atoms in total. The first-order valence-corrected chi connectivity index (χ1v) is 12.3. The third kappa shape index (κ3) is 7.54. The van der Waals surface area contributed by atoms with Crippen molar-refractivity contribution in [3.8, 4) is 16.5 Å². The molecule has 0 unspecified atom stereocenters. The minimum Gasteiger partial charge on any atom is -0.404 e. The molecule has 0 radical (unpaired) electrons. The van der Waals surface area contributed by atoms with Crippen LogP contribution in [0.3, 0.4) is 0 Å². The minimum atomic E-state index is -4.96. The molecule has 1 fully saturated rings. The second-order valence-corrected chi connectivity index (χ2v) is 9.77. The number of carbonyl (C=O) groups is 2. The van der Waals surface area contributed by atoms with Crippen LogP contribution in [0.2, 0.25) is 0 Å². The third-order valence-electron chi connectivity index (χ3n) is 5.68. The first-order valence-electron chi connectivity index (χ1n) is 11.4. The maximum atomic E-state index is 12.9. The summed E-state index contributed by atoms with van der Waals surface area (Å²) in [6, 6.07) is 7.14. The number of ether oxygens (including phenoxy) is 1. The van der Waals surface area contributed by atoms with Crippen LogP contribution >= 0.6 is 11.3 Å². The van der Waals surface area contributed by atoms with Gasteiger partial charge in [0.15, 0.2) is 16.5 Å². The van der Waals surface area contributed by atoms with Gasteiger partial charge in [0.25, 0.3) is 0 Å². The quantitative estimate of drug-likeness (QED) is 0.439. The fourth-order valence-electron chi connectivity index (χ4n) is 3.73. The normalized spacial score (nSPS) is 14.9. The average molecular weight is 535 g/mol. The van der Waals surface area contributed by atoms with Gasteiger partial charge in [-0.25, -0.2) is 0 Å². The number of likely N-dealkylation sites (N-methyl/N-ethyl adjacent to an activating group) is 1. The molecular weight excluding hydrogens is 509 g/mol. The number of rotatable bonds is 8. The molecule has 0 atom stereocenters. The van der Waals surface area contributed by atoms with E-state index < -0.39 is 23.8 Å². The van der Waals surface area contributed by atoms with Crippen molar-refractivity contribution in [2.24, 2.45) is 0 Å². The van der Waals surface area contributed by atoms with Gasteiger partial charge >= 0.3 is 6.36 Å². The molecule has 2 aromatic heterocycles. The Balaban J connectivity index is 1.48. The molecule has 0 spiro atoms. The SMILES string of the molecule is Cc1ccnc(-c2nnc(CC(=O)c3ccc(OC(F)(F)F)c(NC(=O)CN4CCN(C)CC4)c3)s2)c1. The fourth-order valence-corrected chi connectivity index (χ4v) is 4.54. The summed E-state index contributed by atoms with van der Waals surface area (Å²) in [5, 5.41) is 11.6.